The maximum Gasteiger partial charge on any atom is 0.349 e. The van der Waals surface area contributed by atoms with Gasteiger partial charge in [0.2, 0.25) is 0 Å². The molecule has 0 radical (unpaired) electrons. The second-order valence-electron chi connectivity index (χ2n) is 7.34. The van der Waals surface area contributed by atoms with Crippen LogP contribution in [0.15, 0.2) is 69.9 Å². The third-order valence-electron chi connectivity index (χ3n) is 5.31. The van der Waals surface area contributed by atoms with Gasteiger partial charge in [-0.25, -0.2) is 4.79 Å². The molecule has 1 N–H and O–H groups in total. The van der Waals surface area contributed by atoms with Crippen molar-refractivity contribution in [2.45, 2.75) is 6.54 Å². The molecule has 0 bridgehead atoms. The van der Waals surface area contributed by atoms with E-state index in [1.807, 2.05) is 18.2 Å². The number of piperazine rings is 1. The topological polar surface area (TPSA) is 65.8 Å². The van der Waals surface area contributed by atoms with Crippen molar-refractivity contribution in [3.8, 4) is 0 Å². The van der Waals surface area contributed by atoms with Crippen molar-refractivity contribution < 1.29 is 9.21 Å². The molecule has 2 aromatic carbocycles. The van der Waals surface area contributed by atoms with Gasteiger partial charge in [0, 0.05) is 51.2 Å². The van der Waals surface area contributed by atoms with Gasteiger partial charge in [0.05, 0.1) is 0 Å². The minimum absolute atomic E-state index is 0.0522. The van der Waals surface area contributed by atoms with E-state index < -0.39 is 5.63 Å². The van der Waals surface area contributed by atoms with E-state index in [1.54, 1.807) is 18.2 Å². The number of nitrogens with zero attached hydrogens (tertiary/aromatic N) is 2. The Bertz CT molecular complexity index is 1020. The molecule has 4 rings (SSSR count). The Morgan fingerprint density at radius 2 is 1.62 bits per heavy atom. The molecule has 0 unspecified atom stereocenters. The van der Waals surface area contributed by atoms with E-state index in [-0.39, 0.29) is 11.5 Å². The van der Waals surface area contributed by atoms with Crippen molar-refractivity contribution >= 4 is 16.9 Å². The van der Waals surface area contributed by atoms with Gasteiger partial charge in [-0.3, -0.25) is 14.6 Å². The molecule has 0 saturated carbocycles. The lowest BCUT2D eigenvalue weighted by molar-refractivity contribution is 0.0930. The maximum absolute atomic E-state index is 12.4. The second-order valence-corrected chi connectivity index (χ2v) is 7.34. The van der Waals surface area contributed by atoms with Crippen LogP contribution >= 0.6 is 0 Å². The Morgan fingerprint density at radius 1 is 0.931 bits per heavy atom. The molecule has 6 nitrogen and oxygen atoms in total. The number of carbonyl (C=O) groups is 1. The van der Waals surface area contributed by atoms with Crippen LogP contribution in [0.2, 0.25) is 0 Å². The van der Waals surface area contributed by atoms with Crippen LogP contribution in [0.4, 0.5) is 0 Å². The van der Waals surface area contributed by atoms with Crippen LogP contribution in [0.5, 0.6) is 0 Å². The van der Waals surface area contributed by atoms with Crippen molar-refractivity contribution in [2.75, 3.05) is 39.3 Å². The summed E-state index contributed by atoms with van der Waals surface area (Å²) in [5.41, 5.74) is 1.27. The van der Waals surface area contributed by atoms with Gasteiger partial charge in [-0.1, -0.05) is 48.5 Å². The van der Waals surface area contributed by atoms with Crippen LogP contribution in [-0.2, 0) is 6.54 Å². The quantitative estimate of drug-likeness (QED) is 0.654. The molecule has 1 amide bonds. The van der Waals surface area contributed by atoms with Gasteiger partial charge >= 0.3 is 5.63 Å². The van der Waals surface area contributed by atoms with Crippen molar-refractivity contribution in [1.82, 2.24) is 15.1 Å². The fraction of sp³-hybridized carbons (Fsp3) is 0.304. The summed E-state index contributed by atoms with van der Waals surface area (Å²) in [6.07, 6.45) is 0. The summed E-state index contributed by atoms with van der Waals surface area (Å²) >= 11 is 0. The van der Waals surface area contributed by atoms with Gasteiger partial charge in [0.1, 0.15) is 11.1 Å². The fourth-order valence-electron chi connectivity index (χ4n) is 3.66. The van der Waals surface area contributed by atoms with Crippen LogP contribution < -0.4 is 10.9 Å². The highest BCUT2D eigenvalue weighted by Gasteiger charge is 2.18. The molecule has 1 aromatic heterocycles. The SMILES string of the molecule is O=C(NCCN1CCN(Cc2ccccc2)CC1)c1cc2ccccc2oc1=O. The molecule has 29 heavy (non-hydrogen) atoms. The van der Waals surface area contributed by atoms with Crippen LogP contribution in [0.3, 0.4) is 0 Å². The average Bonchev–Trinajstić information content (AvgIpc) is 2.75. The summed E-state index contributed by atoms with van der Waals surface area (Å²) in [5.74, 6) is -0.382. The second kappa shape index (κ2) is 9.03. The number of hydrogen-bond acceptors (Lipinski definition) is 5. The molecule has 0 aliphatic carbocycles. The molecule has 0 spiro atoms. The highest BCUT2D eigenvalue weighted by Crippen LogP contribution is 2.12. The number of hydrogen-bond donors (Lipinski definition) is 1. The summed E-state index contributed by atoms with van der Waals surface area (Å²) in [6.45, 7) is 6.21. The van der Waals surface area contributed by atoms with Crippen molar-refractivity contribution in [2.24, 2.45) is 0 Å². The van der Waals surface area contributed by atoms with Gasteiger partial charge < -0.3 is 9.73 Å². The zero-order chi connectivity index (χ0) is 20.1. The van der Waals surface area contributed by atoms with Gasteiger partial charge in [0.25, 0.3) is 5.91 Å². The summed E-state index contributed by atoms with van der Waals surface area (Å²) in [7, 11) is 0. The zero-order valence-electron chi connectivity index (χ0n) is 16.3. The normalized spacial score (nSPS) is 15.4. The Kier molecular flexibility index (Phi) is 6.03. The molecule has 1 aliphatic heterocycles. The minimum Gasteiger partial charge on any atom is -0.422 e. The first-order valence-electron chi connectivity index (χ1n) is 9.99. The molecule has 2 heterocycles. The smallest absolute Gasteiger partial charge is 0.349 e. The average molecular weight is 391 g/mol. The van der Waals surface area contributed by atoms with E-state index in [9.17, 15) is 9.59 Å². The van der Waals surface area contributed by atoms with E-state index >= 15 is 0 Å². The van der Waals surface area contributed by atoms with E-state index in [4.69, 9.17) is 4.42 Å². The maximum atomic E-state index is 12.4. The van der Waals surface area contributed by atoms with E-state index in [2.05, 4.69) is 39.4 Å². The summed E-state index contributed by atoms with van der Waals surface area (Å²) < 4.78 is 5.24. The highest BCUT2D eigenvalue weighted by atomic mass is 16.4. The number of benzene rings is 2. The molecular formula is C23H25N3O3. The van der Waals surface area contributed by atoms with E-state index in [0.29, 0.717) is 12.1 Å². The largest absolute Gasteiger partial charge is 0.422 e. The lowest BCUT2D eigenvalue weighted by Crippen LogP contribution is -2.48. The standard InChI is InChI=1S/C23H25N3O3/c27-22(20-16-19-8-4-5-9-21(19)29-23(20)28)24-10-11-25-12-14-26(15-13-25)17-18-6-2-1-3-7-18/h1-9,16H,10-15,17H2,(H,24,27). The zero-order valence-corrected chi connectivity index (χ0v) is 16.3. The first kappa shape index (κ1) is 19.4. The van der Waals surface area contributed by atoms with Crippen LogP contribution in [-0.4, -0.2) is 55.0 Å². The monoisotopic (exact) mass is 391 g/mol. The number of rotatable bonds is 6. The first-order chi connectivity index (χ1) is 14.2. The molecule has 150 valence electrons. The highest BCUT2D eigenvalue weighted by molar-refractivity contribution is 5.96. The number of nitrogens with one attached hydrogen (secondary N) is 1. The summed E-state index contributed by atoms with van der Waals surface area (Å²) in [6, 6.07) is 19.3. The van der Waals surface area contributed by atoms with Crippen molar-refractivity contribution in [3.63, 3.8) is 0 Å². The van der Waals surface area contributed by atoms with Crippen molar-refractivity contribution in [1.29, 1.82) is 0 Å². The predicted octanol–water partition coefficient (Wildman–Crippen LogP) is 2.34. The number of carbonyl (C=O) groups excluding carboxylic acids is 1. The number of amides is 1. The summed E-state index contributed by atoms with van der Waals surface area (Å²) in [4.78, 5) is 29.3. The third kappa shape index (κ3) is 4.91. The van der Waals surface area contributed by atoms with Crippen LogP contribution in [0.25, 0.3) is 11.0 Å². The van der Waals surface area contributed by atoms with Gasteiger partial charge in [-0.2, -0.15) is 0 Å². The summed E-state index contributed by atoms with van der Waals surface area (Å²) in [5, 5.41) is 3.59. The molecule has 1 saturated heterocycles. The predicted molar refractivity (Wildman–Crippen MR) is 113 cm³/mol. The van der Waals surface area contributed by atoms with Gasteiger partial charge in [-0.05, 0) is 17.7 Å². The lowest BCUT2D eigenvalue weighted by Gasteiger charge is -2.34. The van der Waals surface area contributed by atoms with E-state index in [0.717, 1.165) is 44.7 Å². The first-order valence-corrected chi connectivity index (χ1v) is 9.99. The van der Waals surface area contributed by atoms with Crippen LogP contribution in [0, 0.1) is 0 Å². The van der Waals surface area contributed by atoms with Crippen LogP contribution in [0.1, 0.15) is 15.9 Å². The lowest BCUT2D eigenvalue weighted by atomic mass is 10.2. The molecular weight excluding hydrogens is 366 g/mol. The number of para-hydroxylation sites is 1. The fourth-order valence-corrected chi connectivity index (χ4v) is 3.66. The molecule has 1 aliphatic rings. The van der Waals surface area contributed by atoms with Gasteiger partial charge in [0.15, 0.2) is 0 Å². The van der Waals surface area contributed by atoms with E-state index in [1.165, 1.54) is 5.56 Å². The Hall–Kier alpha value is -2.96. The Morgan fingerprint density at radius 3 is 2.41 bits per heavy atom. The molecule has 3 aromatic rings. The molecule has 6 heteroatoms. The van der Waals surface area contributed by atoms with Crippen molar-refractivity contribution in [3.05, 3.63) is 82.2 Å². The minimum atomic E-state index is -0.601. The molecule has 0 atom stereocenters. The Labute approximate surface area is 169 Å². The third-order valence-corrected chi connectivity index (χ3v) is 5.31. The van der Waals surface area contributed by atoms with Gasteiger partial charge in [-0.15, -0.1) is 0 Å². The number of fused-ring (bicyclic) bond motifs is 1. The molecule has 1 fully saturated rings. The Balaban J connectivity index is 1.24.